The Morgan fingerprint density at radius 1 is 1.31 bits per heavy atom. The lowest BCUT2D eigenvalue weighted by Crippen LogP contribution is -3.06. The van der Waals surface area contributed by atoms with Gasteiger partial charge in [0.1, 0.15) is 6.20 Å². The fourth-order valence-electron chi connectivity index (χ4n) is 1.42. The van der Waals surface area contributed by atoms with Crippen molar-refractivity contribution in [2.45, 2.75) is 39.0 Å². The van der Waals surface area contributed by atoms with Crippen LogP contribution in [0, 0.1) is 0 Å². The van der Waals surface area contributed by atoms with Gasteiger partial charge in [0.15, 0.2) is 0 Å². The van der Waals surface area contributed by atoms with E-state index in [1.807, 2.05) is 6.20 Å². The van der Waals surface area contributed by atoms with Gasteiger partial charge in [-0.2, -0.15) is 0 Å². The van der Waals surface area contributed by atoms with Crippen LogP contribution in [0.1, 0.15) is 39.0 Å². The third kappa shape index (κ3) is 4.76. The van der Waals surface area contributed by atoms with Crippen LogP contribution in [0.4, 0.5) is 0 Å². The molecule has 0 bridgehead atoms. The zero-order valence-corrected chi connectivity index (χ0v) is 11.1. The lowest BCUT2D eigenvalue weighted by molar-refractivity contribution is -0.719. The molecule has 1 aliphatic heterocycles. The quantitative estimate of drug-likeness (QED) is 0.439. The van der Waals surface area contributed by atoms with Gasteiger partial charge >= 0.3 is 0 Å². The fraction of sp³-hybridized carbons (Fsp3) is 0.700. The van der Waals surface area contributed by atoms with Crippen molar-refractivity contribution in [3.8, 4) is 0 Å². The van der Waals surface area contributed by atoms with Crippen LogP contribution < -0.4 is 28.9 Å². The molecule has 13 heavy (non-hydrogen) atoms. The topological polar surface area (TPSA) is 16.8 Å². The average molecular weight is 296 g/mol. The van der Waals surface area contributed by atoms with Crippen molar-refractivity contribution in [1.82, 2.24) is 0 Å². The molecule has 0 amide bonds. The van der Waals surface area contributed by atoms with E-state index in [-0.39, 0.29) is 24.0 Å². The number of hydrogen-bond acceptors (Lipinski definition) is 1. The second kappa shape index (κ2) is 7.50. The van der Waals surface area contributed by atoms with Gasteiger partial charge in [-0.3, -0.25) is 4.90 Å². The molecule has 1 unspecified atom stereocenters. The summed E-state index contributed by atoms with van der Waals surface area (Å²) in [5, 5.41) is 0. The summed E-state index contributed by atoms with van der Waals surface area (Å²) in [7, 11) is 2.14. The molecular formula is C10H21IN2+2. The molecule has 1 atom stereocenters. The third-order valence-corrected chi connectivity index (χ3v) is 2.28. The molecule has 0 saturated heterocycles. The summed E-state index contributed by atoms with van der Waals surface area (Å²) in [6, 6.07) is 0. The Morgan fingerprint density at radius 3 is 2.62 bits per heavy atom. The monoisotopic (exact) mass is 296 g/mol. The summed E-state index contributed by atoms with van der Waals surface area (Å²) < 4.78 is 0. The Hall–Kier alpha value is 0.1000. The zero-order chi connectivity index (χ0) is 8.81. The summed E-state index contributed by atoms with van der Waals surface area (Å²) in [6.45, 7) is 2.24. The van der Waals surface area contributed by atoms with Crippen molar-refractivity contribution in [2.75, 3.05) is 7.05 Å². The minimum Gasteiger partial charge on any atom is -0.265 e. The van der Waals surface area contributed by atoms with Gasteiger partial charge in [-0.05, 0) is 6.42 Å². The summed E-state index contributed by atoms with van der Waals surface area (Å²) >= 11 is 0. The molecule has 0 spiro atoms. The molecular weight excluding hydrogens is 275 g/mol. The van der Waals surface area contributed by atoms with Gasteiger partial charge in [0.25, 0.3) is 0 Å². The molecule has 0 aromatic carbocycles. The van der Waals surface area contributed by atoms with E-state index in [1.54, 1.807) is 0 Å². The van der Waals surface area contributed by atoms with Crippen LogP contribution in [-0.4, -0.2) is 12.9 Å². The van der Waals surface area contributed by atoms with E-state index >= 15 is 0 Å². The predicted octanol–water partition coefficient (Wildman–Crippen LogP) is -2.18. The third-order valence-electron chi connectivity index (χ3n) is 2.28. The van der Waals surface area contributed by atoms with E-state index in [4.69, 9.17) is 0 Å². The number of quaternary nitrogens is 1. The Bertz CT molecular complexity index is 187. The van der Waals surface area contributed by atoms with Crippen LogP contribution in [-0.2, 0) is 0 Å². The SMILES string of the molecule is CCCCCCC1=NC=C[NH+]1C.[IH2+]. The lowest BCUT2D eigenvalue weighted by Gasteiger charge is -2.04. The van der Waals surface area contributed by atoms with Crippen molar-refractivity contribution in [2.24, 2.45) is 4.99 Å². The van der Waals surface area contributed by atoms with Crippen molar-refractivity contribution in [3.05, 3.63) is 12.4 Å². The first-order chi connectivity index (χ1) is 5.84. The Morgan fingerprint density at radius 2 is 2.08 bits per heavy atom. The molecule has 1 rings (SSSR count). The second-order valence-electron chi connectivity index (χ2n) is 3.39. The largest absolute Gasteiger partial charge is 0.265 e. The number of hydrogen-bond donors (Lipinski definition) is 1. The fourth-order valence-corrected chi connectivity index (χ4v) is 1.42. The maximum absolute atomic E-state index is 4.31. The van der Waals surface area contributed by atoms with Gasteiger partial charge < -0.3 is 0 Å². The van der Waals surface area contributed by atoms with Gasteiger partial charge in [0, 0.05) is 6.42 Å². The van der Waals surface area contributed by atoms with E-state index in [1.165, 1.54) is 42.8 Å². The molecule has 3 heteroatoms. The average Bonchev–Trinajstić information content (AvgIpc) is 2.46. The van der Waals surface area contributed by atoms with Crippen molar-refractivity contribution >= 4 is 5.84 Å². The van der Waals surface area contributed by atoms with Crippen molar-refractivity contribution < 1.29 is 28.9 Å². The summed E-state index contributed by atoms with van der Waals surface area (Å²) in [5.41, 5.74) is 0. The maximum Gasteiger partial charge on any atom is 0.235 e. The highest BCUT2D eigenvalue weighted by Gasteiger charge is 2.12. The van der Waals surface area contributed by atoms with E-state index in [9.17, 15) is 0 Å². The molecule has 0 saturated carbocycles. The number of unbranched alkanes of at least 4 members (excludes halogenated alkanes) is 3. The van der Waals surface area contributed by atoms with Crippen LogP contribution >= 0.6 is 0 Å². The highest BCUT2D eigenvalue weighted by molar-refractivity contribution is 5.75. The van der Waals surface area contributed by atoms with Gasteiger partial charge in [-0.15, -0.1) is 0 Å². The highest BCUT2D eigenvalue weighted by Crippen LogP contribution is 2.02. The second-order valence-corrected chi connectivity index (χ2v) is 3.39. The number of rotatable bonds is 5. The van der Waals surface area contributed by atoms with E-state index in [0.29, 0.717) is 0 Å². The van der Waals surface area contributed by atoms with Crippen molar-refractivity contribution in [1.29, 1.82) is 0 Å². The van der Waals surface area contributed by atoms with E-state index < -0.39 is 0 Å². The lowest BCUT2D eigenvalue weighted by atomic mass is 10.1. The number of halogens is 1. The molecule has 0 fully saturated rings. The first-order valence-corrected chi connectivity index (χ1v) is 4.91. The molecule has 0 aliphatic carbocycles. The van der Waals surface area contributed by atoms with Crippen LogP contribution in [0.25, 0.3) is 0 Å². The first-order valence-electron chi connectivity index (χ1n) is 4.91. The van der Waals surface area contributed by atoms with Crippen LogP contribution in [0.5, 0.6) is 0 Å². The first kappa shape index (κ1) is 13.1. The number of aliphatic imine (C=N–C) groups is 1. The summed E-state index contributed by atoms with van der Waals surface area (Å²) in [6.07, 6.45) is 10.5. The zero-order valence-electron chi connectivity index (χ0n) is 8.58. The van der Waals surface area contributed by atoms with Gasteiger partial charge in [-0.25, -0.2) is 4.99 Å². The Balaban J connectivity index is 0.00000144. The predicted molar refractivity (Wildman–Crippen MR) is 55.0 cm³/mol. The number of amidine groups is 1. The van der Waals surface area contributed by atoms with E-state index in [0.717, 1.165) is 0 Å². The molecule has 2 nitrogen and oxygen atoms in total. The number of nitrogens with one attached hydrogen (secondary N) is 1. The highest BCUT2D eigenvalue weighted by atomic mass is 127. The molecule has 1 N–H and O–H groups in total. The minimum atomic E-state index is 0. The van der Waals surface area contributed by atoms with Crippen LogP contribution in [0.3, 0.4) is 0 Å². The standard InChI is InChI=1S/C10H18N2.H2I/c1-3-4-5-6-7-10-11-8-9-12(10)2;/h8-9H,3-7H2,1-2H3;1H2/q;+1/p+1. The molecule has 0 radical (unpaired) electrons. The van der Waals surface area contributed by atoms with Gasteiger partial charge in [-0.1, -0.05) is 26.2 Å². The normalized spacial score (nSPS) is 19.8. The van der Waals surface area contributed by atoms with Crippen LogP contribution in [0.15, 0.2) is 17.4 Å². The molecule has 0 aromatic rings. The summed E-state index contributed by atoms with van der Waals surface area (Å²) in [4.78, 5) is 5.67. The smallest absolute Gasteiger partial charge is 0.235 e. The summed E-state index contributed by atoms with van der Waals surface area (Å²) in [5.74, 6) is 1.30. The van der Waals surface area contributed by atoms with Gasteiger partial charge in [0.2, 0.25) is 29.8 Å². The maximum atomic E-state index is 4.31. The molecule has 76 valence electrons. The molecule has 1 heterocycles. The Kier molecular flexibility index (Phi) is 7.56. The molecule has 1 aliphatic rings. The van der Waals surface area contributed by atoms with Crippen LogP contribution in [0.2, 0.25) is 0 Å². The number of nitrogens with zero attached hydrogens (tertiary/aromatic N) is 1. The Labute approximate surface area is 98.1 Å². The van der Waals surface area contributed by atoms with Gasteiger partial charge in [0.05, 0.1) is 13.2 Å². The van der Waals surface area contributed by atoms with Crippen molar-refractivity contribution in [3.63, 3.8) is 0 Å². The van der Waals surface area contributed by atoms with E-state index in [2.05, 4.69) is 25.2 Å². The molecule has 0 aromatic heterocycles. The minimum absolute atomic E-state index is 0.